The Labute approximate surface area is 317 Å². The topological polar surface area (TPSA) is 125 Å². The number of carbonyl (C=O) groups excluding carboxylic acids is 2. The SMILES string of the molecule is CCC(CC(C)(C)C(=O)OCCOCCOC)n1cc[n+](C)c1.CCC(CC(C)(CC(C)n1ccnc1)C(=O)OCCOCCOC)n1cc[n+](C)c1. The predicted octanol–water partition coefficient (Wildman–Crippen LogP) is 4.60. The average molecular weight is 749 g/mol. The Morgan fingerprint density at radius 1 is 0.679 bits per heavy atom. The lowest BCUT2D eigenvalue weighted by Gasteiger charge is -2.32. The molecule has 4 atom stereocenters. The van der Waals surface area contributed by atoms with Crippen molar-refractivity contribution in [3.63, 3.8) is 0 Å². The van der Waals surface area contributed by atoms with Gasteiger partial charge in [-0.05, 0) is 47.0 Å². The molecule has 0 aliphatic heterocycles. The van der Waals surface area contributed by atoms with Crippen molar-refractivity contribution in [1.82, 2.24) is 18.7 Å². The summed E-state index contributed by atoms with van der Waals surface area (Å²) in [6.45, 7) is 15.7. The maximum atomic E-state index is 13.2. The molecule has 0 saturated heterocycles. The molecule has 0 saturated carbocycles. The van der Waals surface area contributed by atoms with Crippen molar-refractivity contribution >= 4 is 11.9 Å². The maximum absolute atomic E-state index is 13.2. The van der Waals surface area contributed by atoms with Gasteiger partial charge in [0.15, 0.2) is 0 Å². The number of carbonyl (C=O) groups is 2. The fourth-order valence-corrected chi connectivity index (χ4v) is 6.27. The number of imidazole rings is 3. The molecule has 3 heterocycles. The van der Waals surface area contributed by atoms with Crippen LogP contribution in [0, 0.1) is 10.8 Å². The molecule has 0 aromatic carbocycles. The zero-order valence-corrected chi connectivity index (χ0v) is 34.1. The van der Waals surface area contributed by atoms with Crippen LogP contribution in [0.1, 0.15) is 91.8 Å². The van der Waals surface area contributed by atoms with E-state index in [1.807, 2.05) is 79.7 Å². The van der Waals surface area contributed by atoms with Gasteiger partial charge >= 0.3 is 11.9 Å². The minimum absolute atomic E-state index is 0.126. The van der Waals surface area contributed by atoms with Crippen molar-refractivity contribution in [3.05, 3.63) is 56.2 Å². The first-order valence-electron chi connectivity index (χ1n) is 18.8. The predicted molar refractivity (Wildman–Crippen MR) is 200 cm³/mol. The van der Waals surface area contributed by atoms with Crippen molar-refractivity contribution in [1.29, 1.82) is 0 Å². The second-order valence-corrected chi connectivity index (χ2v) is 14.6. The Morgan fingerprint density at radius 3 is 1.60 bits per heavy atom. The summed E-state index contributed by atoms with van der Waals surface area (Å²) in [5.74, 6) is -0.359. The van der Waals surface area contributed by atoms with E-state index in [1.54, 1.807) is 26.7 Å². The van der Waals surface area contributed by atoms with Crippen LogP contribution in [-0.4, -0.2) is 97.7 Å². The van der Waals surface area contributed by atoms with Crippen molar-refractivity contribution < 1.29 is 47.1 Å². The molecular formula is C39H68N6O8+2. The molecule has 0 aliphatic carbocycles. The van der Waals surface area contributed by atoms with E-state index in [9.17, 15) is 9.59 Å². The Hall–Kier alpha value is -3.59. The molecule has 0 radical (unpaired) electrons. The molecular weight excluding hydrogens is 680 g/mol. The summed E-state index contributed by atoms with van der Waals surface area (Å²) in [6, 6.07) is 0.606. The van der Waals surface area contributed by atoms with E-state index in [-0.39, 0.29) is 43.3 Å². The average Bonchev–Trinajstić information content (AvgIpc) is 3.92. The molecule has 0 bridgehead atoms. The number of methoxy groups -OCH3 is 2. The van der Waals surface area contributed by atoms with Gasteiger partial charge in [-0.1, -0.05) is 13.8 Å². The summed E-state index contributed by atoms with van der Waals surface area (Å²) in [4.78, 5) is 29.7. The Bertz CT molecular complexity index is 1420. The summed E-state index contributed by atoms with van der Waals surface area (Å²) >= 11 is 0. The lowest BCUT2D eigenvalue weighted by atomic mass is 9.77. The van der Waals surface area contributed by atoms with Gasteiger partial charge in [0.1, 0.15) is 50.1 Å². The van der Waals surface area contributed by atoms with Gasteiger partial charge in [0, 0.05) is 45.5 Å². The fraction of sp³-hybridized carbons (Fsp3) is 0.718. The third-order valence-electron chi connectivity index (χ3n) is 9.41. The normalized spacial score (nSPS) is 14.5. The summed E-state index contributed by atoms with van der Waals surface area (Å²) < 4.78 is 42.0. The van der Waals surface area contributed by atoms with Crippen molar-refractivity contribution in [3.8, 4) is 0 Å². The van der Waals surface area contributed by atoms with Gasteiger partial charge in [0.2, 0.25) is 12.7 Å². The smallest absolute Gasteiger partial charge is 0.312 e. The van der Waals surface area contributed by atoms with Crippen LogP contribution in [0.3, 0.4) is 0 Å². The first kappa shape index (κ1) is 45.6. The number of aryl methyl sites for hydroxylation is 2. The number of ether oxygens (including phenoxy) is 6. The molecule has 0 aliphatic rings. The molecule has 0 amide bonds. The van der Waals surface area contributed by atoms with E-state index in [2.05, 4.69) is 47.4 Å². The molecule has 3 rings (SSSR count). The van der Waals surface area contributed by atoms with Gasteiger partial charge in [-0.3, -0.25) is 9.59 Å². The molecule has 14 nitrogen and oxygen atoms in total. The quantitative estimate of drug-likeness (QED) is 0.0695. The van der Waals surface area contributed by atoms with Crippen LogP contribution in [0.25, 0.3) is 0 Å². The third-order valence-corrected chi connectivity index (χ3v) is 9.41. The van der Waals surface area contributed by atoms with Crippen LogP contribution in [-0.2, 0) is 52.1 Å². The third kappa shape index (κ3) is 16.1. The van der Waals surface area contributed by atoms with E-state index >= 15 is 0 Å². The van der Waals surface area contributed by atoms with Gasteiger partial charge in [-0.15, -0.1) is 0 Å². The highest BCUT2D eigenvalue weighted by molar-refractivity contribution is 5.76. The van der Waals surface area contributed by atoms with Gasteiger partial charge < -0.3 is 33.0 Å². The molecule has 14 heteroatoms. The molecule has 3 aromatic rings. The van der Waals surface area contributed by atoms with Crippen LogP contribution in [0.5, 0.6) is 0 Å². The fourth-order valence-electron chi connectivity index (χ4n) is 6.27. The number of hydrogen-bond acceptors (Lipinski definition) is 9. The molecule has 53 heavy (non-hydrogen) atoms. The number of nitrogens with zero attached hydrogens (tertiary/aromatic N) is 6. The van der Waals surface area contributed by atoms with E-state index in [4.69, 9.17) is 28.4 Å². The number of hydrogen-bond donors (Lipinski definition) is 0. The second-order valence-electron chi connectivity index (χ2n) is 14.6. The van der Waals surface area contributed by atoms with Crippen LogP contribution in [0.2, 0.25) is 0 Å². The molecule has 4 unspecified atom stereocenters. The van der Waals surface area contributed by atoms with Crippen LogP contribution in [0.4, 0.5) is 0 Å². The number of rotatable bonds is 25. The van der Waals surface area contributed by atoms with Gasteiger partial charge in [0.25, 0.3) is 0 Å². The molecule has 300 valence electrons. The lowest BCUT2D eigenvalue weighted by Crippen LogP contribution is -2.36. The summed E-state index contributed by atoms with van der Waals surface area (Å²) in [5, 5.41) is 0. The van der Waals surface area contributed by atoms with E-state index in [1.165, 1.54) is 0 Å². The Balaban J connectivity index is 0.000000381. The maximum Gasteiger partial charge on any atom is 0.312 e. The zero-order chi connectivity index (χ0) is 39.3. The molecule has 0 N–H and O–H groups in total. The zero-order valence-electron chi connectivity index (χ0n) is 34.1. The Kier molecular flexibility index (Phi) is 20.6. The highest BCUT2D eigenvalue weighted by Crippen LogP contribution is 2.39. The highest BCUT2D eigenvalue weighted by atomic mass is 16.6. The van der Waals surface area contributed by atoms with Gasteiger partial charge in [0.05, 0.1) is 70.9 Å². The largest absolute Gasteiger partial charge is 0.463 e. The highest BCUT2D eigenvalue weighted by Gasteiger charge is 2.40. The summed E-state index contributed by atoms with van der Waals surface area (Å²) in [5.41, 5.74) is -1.17. The summed E-state index contributed by atoms with van der Waals surface area (Å²) in [7, 11) is 7.25. The molecule has 0 fully saturated rings. The standard InChI is InChI=1S/C22H37N4O4.C17H31N2O4/c1-6-20(26-10-9-24(4)18-26)16-22(3,15-19(2)25-8-7-23-17-25)21(27)30-14-13-29-12-11-28-5;1-6-15(19-8-7-18(4)14-19)13-17(2,3)16(20)23-12-11-22-10-9-21-5/h7-10,17-20H,6,11-16H2,1-5H3;7-8,14-15H,6,9-13H2,1-5H3/q2*+1. The Morgan fingerprint density at radius 2 is 1.17 bits per heavy atom. The number of aromatic nitrogens is 6. The van der Waals surface area contributed by atoms with Gasteiger partial charge in [-0.2, -0.15) is 0 Å². The van der Waals surface area contributed by atoms with Gasteiger partial charge in [-0.25, -0.2) is 23.3 Å². The van der Waals surface area contributed by atoms with Crippen molar-refractivity contribution in [2.24, 2.45) is 24.9 Å². The van der Waals surface area contributed by atoms with E-state index < -0.39 is 10.8 Å². The van der Waals surface area contributed by atoms with E-state index in [0.29, 0.717) is 52.5 Å². The summed E-state index contributed by atoms with van der Waals surface area (Å²) in [6.07, 6.45) is 21.7. The minimum Gasteiger partial charge on any atom is -0.463 e. The monoisotopic (exact) mass is 749 g/mol. The van der Waals surface area contributed by atoms with Crippen LogP contribution in [0.15, 0.2) is 56.2 Å². The van der Waals surface area contributed by atoms with Crippen molar-refractivity contribution in [2.75, 3.05) is 67.1 Å². The molecule has 0 spiro atoms. The minimum atomic E-state index is -0.639. The van der Waals surface area contributed by atoms with Crippen molar-refractivity contribution in [2.45, 2.75) is 91.8 Å². The lowest BCUT2D eigenvalue weighted by molar-refractivity contribution is -0.671. The van der Waals surface area contributed by atoms with Crippen LogP contribution >= 0.6 is 0 Å². The van der Waals surface area contributed by atoms with E-state index in [0.717, 1.165) is 19.3 Å². The first-order valence-corrected chi connectivity index (χ1v) is 18.8. The molecule has 3 aromatic heterocycles. The number of esters is 2. The first-order chi connectivity index (χ1) is 25.3. The van der Waals surface area contributed by atoms with Crippen LogP contribution < -0.4 is 9.13 Å². The second kappa shape index (κ2) is 23.9.